The number of hydrogen-bond donors (Lipinski definition) is 1. The predicted molar refractivity (Wildman–Crippen MR) is 86.4 cm³/mol. The van der Waals surface area contributed by atoms with Gasteiger partial charge < -0.3 is 14.8 Å². The lowest BCUT2D eigenvalue weighted by atomic mass is 10.1. The van der Waals surface area contributed by atoms with E-state index in [0.717, 1.165) is 25.9 Å². The summed E-state index contributed by atoms with van der Waals surface area (Å²) in [6.45, 7) is 2.91. The molecule has 6 heteroatoms. The number of anilines is 2. The number of benzene rings is 1. The van der Waals surface area contributed by atoms with Crippen molar-refractivity contribution in [2.75, 3.05) is 30.0 Å². The third-order valence-corrected chi connectivity index (χ3v) is 4.19. The molecule has 1 fully saturated rings. The first-order chi connectivity index (χ1) is 11.1. The summed E-state index contributed by atoms with van der Waals surface area (Å²) in [6, 6.07) is 7.28. The maximum absolute atomic E-state index is 12.7. The second-order valence-corrected chi connectivity index (χ2v) is 5.95. The van der Waals surface area contributed by atoms with Crippen molar-refractivity contribution in [1.29, 1.82) is 0 Å². The van der Waals surface area contributed by atoms with E-state index in [-0.39, 0.29) is 24.5 Å². The van der Waals surface area contributed by atoms with Crippen LogP contribution in [-0.4, -0.2) is 43.8 Å². The number of para-hydroxylation sites is 2. The van der Waals surface area contributed by atoms with Gasteiger partial charge in [0.1, 0.15) is 12.6 Å². The van der Waals surface area contributed by atoms with E-state index in [1.54, 1.807) is 13.0 Å². The van der Waals surface area contributed by atoms with Crippen LogP contribution in [0.25, 0.3) is 0 Å². The second-order valence-electron chi connectivity index (χ2n) is 5.95. The Morgan fingerprint density at radius 2 is 2.26 bits per heavy atom. The summed E-state index contributed by atoms with van der Waals surface area (Å²) in [5, 5.41) is 2.77. The van der Waals surface area contributed by atoms with Crippen LogP contribution in [0.15, 0.2) is 24.3 Å². The van der Waals surface area contributed by atoms with E-state index in [0.29, 0.717) is 18.0 Å². The number of carbonyl (C=O) groups is 2. The summed E-state index contributed by atoms with van der Waals surface area (Å²) in [5.41, 5.74) is 1.36. The lowest BCUT2D eigenvalue weighted by molar-refractivity contribution is -0.133. The highest BCUT2D eigenvalue weighted by Crippen LogP contribution is 2.29. The SMILES string of the molecule is CC(OCC1CCCCO1)C(=O)N1CC(=O)Nc2ccccc21. The average molecular weight is 318 g/mol. The van der Waals surface area contributed by atoms with E-state index in [4.69, 9.17) is 9.47 Å². The largest absolute Gasteiger partial charge is 0.376 e. The van der Waals surface area contributed by atoms with Crippen molar-refractivity contribution in [3.05, 3.63) is 24.3 Å². The van der Waals surface area contributed by atoms with Crippen LogP contribution in [0.2, 0.25) is 0 Å². The molecule has 6 nitrogen and oxygen atoms in total. The van der Waals surface area contributed by atoms with Crippen molar-refractivity contribution < 1.29 is 19.1 Å². The number of nitrogens with zero attached hydrogens (tertiary/aromatic N) is 1. The third kappa shape index (κ3) is 3.71. The molecule has 2 aliphatic rings. The topological polar surface area (TPSA) is 67.9 Å². The molecule has 0 radical (unpaired) electrons. The summed E-state index contributed by atoms with van der Waals surface area (Å²) in [6.07, 6.45) is 2.65. The minimum absolute atomic E-state index is 0.0173. The third-order valence-electron chi connectivity index (χ3n) is 4.19. The molecule has 2 heterocycles. The maximum Gasteiger partial charge on any atom is 0.256 e. The Morgan fingerprint density at radius 3 is 3.04 bits per heavy atom. The van der Waals surface area contributed by atoms with Crippen LogP contribution in [0.5, 0.6) is 0 Å². The Bertz CT molecular complexity index is 584. The molecular formula is C17H22N2O4. The first kappa shape index (κ1) is 16.0. The van der Waals surface area contributed by atoms with Crippen molar-refractivity contribution in [1.82, 2.24) is 0 Å². The number of carbonyl (C=O) groups excluding carboxylic acids is 2. The Morgan fingerprint density at radius 1 is 1.43 bits per heavy atom. The molecule has 1 aromatic rings. The first-order valence-electron chi connectivity index (χ1n) is 8.08. The predicted octanol–water partition coefficient (Wildman–Crippen LogP) is 1.95. The van der Waals surface area contributed by atoms with Gasteiger partial charge >= 0.3 is 0 Å². The normalized spacial score (nSPS) is 22.2. The van der Waals surface area contributed by atoms with E-state index in [2.05, 4.69) is 5.32 Å². The molecule has 3 rings (SSSR count). The number of rotatable bonds is 4. The van der Waals surface area contributed by atoms with Gasteiger partial charge in [0.25, 0.3) is 5.91 Å². The van der Waals surface area contributed by atoms with Gasteiger partial charge in [0.2, 0.25) is 5.91 Å². The smallest absolute Gasteiger partial charge is 0.256 e. The van der Waals surface area contributed by atoms with Gasteiger partial charge in [-0.15, -0.1) is 0 Å². The van der Waals surface area contributed by atoms with Crippen LogP contribution in [0.4, 0.5) is 11.4 Å². The Labute approximate surface area is 135 Å². The van der Waals surface area contributed by atoms with Gasteiger partial charge in [-0.25, -0.2) is 0 Å². The summed E-state index contributed by atoms with van der Waals surface area (Å²) >= 11 is 0. The number of amides is 2. The van der Waals surface area contributed by atoms with Gasteiger partial charge in [-0.2, -0.15) is 0 Å². The number of nitrogens with one attached hydrogen (secondary N) is 1. The van der Waals surface area contributed by atoms with Gasteiger partial charge in [0, 0.05) is 6.61 Å². The summed E-state index contributed by atoms with van der Waals surface area (Å²) < 4.78 is 11.3. The molecule has 0 bridgehead atoms. The molecule has 1 saturated heterocycles. The molecule has 2 atom stereocenters. The number of ether oxygens (including phenoxy) is 2. The summed E-state index contributed by atoms with van der Waals surface area (Å²) in [4.78, 5) is 25.9. The van der Waals surface area contributed by atoms with Crippen molar-refractivity contribution in [3.8, 4) is 0 Å². The Kier molecular flexibility index (Phi) is 4.93. The lowest BCUT2D eigenvalue weighted by Crippen LogP contribution is -2.47. The molecule has 2 aliphatic heterocycles. The van der Waals surface area contributed by atoms with Crippen LogP contribution in [0, 0.1) is 0 Å². The highest BCUT2D eigenvalue weighted by Gasteiger charge is 2.30. The molecule has 0 aliphatic carbocycles. The molecule has 1 aromatic carbocycles. The van der Waals surface area contributed by atoms with Gasteiger partial charge in [0.15, 0.2) is 0 Å². The van der Waals surface area contributed by atoms with Crippen LogP contribution in [0.1, 0.15) is 26.2 Å². The van der Waals surface area contributed by atoms with E-state index < -0.39 is 6.10 Å². The molecule has 23 heavy (non-hydrogen) atoms. The zero-order valence-electron chi connectivity index (χ0n) is 13.3. The van der Waals surface area contributed by atoms with E-state index in [1.807, 2.05) is 18.2 Å². The number of hydrogen-bond acceptors (Lipinski definition) is 4. The zero-order chi connectivity index (χ0) is 16.2. The Balaban J connectivity index is 1.63. The van der Waals surface area contributed by atoms with E-state index >= 15 is 0 Å². The molecule has 1 N–H and O–H groups in total. The maximum atomic E-state index is 12.7. The van der Waals surface area contributed by atoms with Crippen molar-refractivity contribution in [2.24, 2.45) is 0 Å². The van der Waals surface area contributed by atoms with Gasteiger partial charge in [-0.1, -0.05) is 12.1 Å². The zero-order valence-corrected chi connectivity index (χ0v) is 13.3. The fourth-order valence-corrected chi connectivity index (χ4v) is 2.91. The van der Waals surface area contributed by atoms with Crippen molar-refractivity contribution in [3.63, 3.8) is 0 Å². The van der Waals surface area contributed by atoms with Gasteiger partial charge in [-0.3, -0.25) is 14.5 Å². The van der Waals surface area contributed by atoms with Crippen LogP contribution in [-0.2, 0) is 19.1 Å². The average Bonchev–Trinajstić information content (AvgIpc) is 2.59. The first-order valence-corrected chi connectivity index (χ1v) is 8.08. The second kappa shape index (κ2) is 7.10. The van der Waals surface area contributed by atoms with Crippen molar-refractivity contribution >= 4 is 23.2 Å². The monoisotopic (exact) mass is 318 g/mol. The lowest BCUT2D eigenvalue weighted by Gasteiger charge is -2.31. The molecular weight excluding hydrogens is 296 g/mol. The fraction of sp³-hybridized carbons (Fsp3) is 0.529. The highest BCUT2D eigenvalue weighted by molar-refractivity contribution is 6.10. The summed E-state index contributed by atoms with van der Waals surface area (Å²) in [7, 11) is 0. The molecule has 2 unspecified atom stereocenters. The van der Waals surface area contributed by atoms with Gasteiger partial charge in [-0.05, 0) is 38.3 Å². The highest BCUT2D eigenvalue weighted by atomic mass is 16.5. The fourth-order valence-electron chi connectivity index (χ4n) is 2.91. The van der Waals surface area contributed by atoms with Crippen LogP contribution in [0.3, 0.4) is 0 Å². The molecule has 0 aromatic heterocycles. The van der Waals surface area contributed by atoms with Crippen molar-refractivity contribution in [2.45, 2.75) is 38.4 Å². The minimum atomic E-state index is -0.612. The van der Waals surface area contributed by atoms with Crippen LogP contribution >= 0.6 is 0 Å². The molecule has 0 spiro atoms. The van der Waals surface area contributed by atoms with E-state index in [9.17, 15) is 9.59 Å². The Hall–Kier alpha value is -1.92. The number of fused-ring (bicyclic) bond motifs is 1. The molecule has 2 amide bonds. The molecule has 0 saturated carbocycles. The van der Waals surface area contributed by atoms with E-state index in [1.165, 1.54) is 4.90 Å². The van der Waals surface area contributed by atoms with Crippen LogP contribution < -0.4 is 10.2 Å². The minimum Gasteiger partial charge on any atom is -0.376 e. The quantitative estimate of drug-likeness (QED) is 0.921. The van der Waals surface area contributed by atoms with Gasteiger partial charge in [0.05, 0.1) is 24.1 Å². The standard InChI is InChI=1S/C17H22N2O4/c1-12(23-11-13-6-4-5-9-22-13)17(21)19-10-16(20)18-14-7-2-3-8-15(14)19/h2-3,7-8,12-13H,4-6,9-11H2,1H3,(H,18,20). The summed E-state index contributed by atoms with van der Waals surface area (Å²) in [5.74, 6) is -0.400. The molecule has 124 valence electrons.